The molecule has 1 N–H and O–H groups in total. The number of fused-ring (bicyclic) bond motifs is 1. The molecule has 1 unspecified atom stereocenters. The quantitative estimate of drug-likeness (QED) is 0.248. The van der Waals surface area contributed by atoms with E-state index in [2.05, 4.69) is 21.2 Å². The lowest BCUT2D eigenvalue weighted by Gasteiger charge is -2.31. The van der Waals surface area contributed by atoms with Crippen molar-refractivity contribution in [2.24, 2.45) is 0 Å². The lowest BCUT2D eigenvalue weighted by atomic mass is 10.1. The van der Waals surface area contributed by atoms with Gasteiger partial charge in [-0.2, -0.15) is 0 Å². The number of carbonyl (C=O) groups excluding carboxylic acids is 1. The molecule has 0 aliphatic rings. The second-order valence-corrected chi connectivity index (χ2v) is 9.52. The van der Waals surface area contributed by atoms with Gasteiger partial charge in [0.25, 0.3) is 5.56 Å². The minimum atomic E-state index is -0.541. The number of benzene rings is 4. The molecule has 0 fully saturated rings. The van der Waals surface area contributed by atoms with Crippen molar-refractivity contribution >= 4 is 38.6 Å². The zero-order chi connectivity index (χ0) is 25.8. The SMILES string of the molecule is CC(c1nc2ccccc2c(=O)n1-c1ccccc1)N(Cc1ccccc1)C(=O)Nc1ccccc1Br. The summed E-state index contributed by atoms with van der Waals surface area (Å²) in [5.74, 6) is 0.480. The number of hydrogen-bond acceptors (Lipinski definition) is 3. The first-order chi connectivity index (χ1) is 18.0. The van der Waals surface area contributed by atoms with Gasteiger partial charge in [0, 0.05) is 11.0 Å². The monoisotopic (exact) mass is 552 g/mol. The van der Waals surface area contributed by atoms with Crippen molar-refractivity contribution in [3.05, 3.63) is 135 Å². The minimum Gasteiger partial charge on any atom is -0.310 e. The molecule has 2 amide bonds. The van der Waals surface area contributed by atoms with E-state index in [4.69, 9.17) is 4.98 Å². The molecule has 1 atom stereocenters. The van der Waals surface area contributed by atoms with E-state index in [9.17, 15) is 9.59 Å². The Bertz CT molecular complexity index is 1600. The van der Waals surface area contributed by atoms with Crippen molar-refractivity contribution in [2.45, 2.75) is 19.5 Å². The molecule has 0 spiro atoms. The molecule has 5 rings (SSSR count). The molecule has 1 aromatic heterocycles. The number of nitrogens with zero attached hydrogens (tertiary/aromatic N) is 3. The first kappa shape index (κ1) is 24.5. The zero-order valence-corrected chi connectivity index (χ0v) is 21.8. The fourth-order valence-electron chi connectivity index (χ4n) is 4.31. The number of hydrogen-bond donors (Lipinski definition) is 1. The highest BCUT2D eigenvalue weighted by molar-refractivity contribution is 9.10. The third kappa shape index (κ3) is 5.17. The average molecular weight is 553 g/mol. The number of anilines is 1. The molecule has 4 aromatic carbocycles. The number of nitrogens with one attached hydrogen (secondary N) is 1. The van der Waals surface area contributed by atoms with Crippen molar-refractivity contribution < 1.29 is 4.79 Å². The summed E-state index contributed by atoms with van der Waals surface area (Å²) in [4.78, 5) is 34.1. The first-order valence-corrected chi connectivity index (χ1v) is 12.8. The minimum absolute atomic E-state index is 0.176. The molecule has 0 aliphatic carbocycles. The van der Waals surface area contributed by atoms with Gasteiger partial charge in [0.15, 0.2) is 0 Å². The normalized spacial score (nSPS) is 11.7. The molecular formula is C30H25BrN4O2. The third-order valence-corrected chi connectivity index (χ3v) is 6.92. The van der Waals surface area contributed by atoms with Crippen LogP contribution in [0.15, 0.2) is 118 Å². The van der Waals surface area contributed by atoms with Crippen molar-refractivity contribution in [1.29, 1.82) is 0 Å². The summed E-state index contributed by atoms with van der Waals surface area (Å²) in [5, 5.41) is 3.54. The summed E-state index contributed by atoms with van der Waals surface area (Å²) in [7, 11) is 0. The van der Waals surface area contributed by atoms with E-state index in [0.29, 0.717) is 34.6 Å². The number of halogens is 1. The van der Waals surface area contributed by atoms with E-state index in [1.807, 2.05) is 110 Å². The summed E-state index contributed by atoms with van der Waals surface area (Å²) in [5.41, 5.74) is 2.73. The average Bonchev–Trinajstić information content (AvgIpc) is 2.93. The highest BCUT2D eigenvalue weighted by Gasteiger charge is 2.27. The molecule has 0 aliphatic heterocycles. The highest BCUT2D eigenvalue weighted by atomic mass is 79.9. The number of rotatable bonds is 6. The lowest BCUT2D eigenvalue weighted by molar-refractivity contribution is 0.185. The van der Waals surface area contributed by atoms with Gasteiger partial charge < -0.3 is 10.2 Å². The number of para-hydroxylation sites is 3. The van der Waals surface area contributed by atoms with Crippen LogP contribution in [0.1, 0.15) is 24.4 Å². The van der Waals surface area contributed by atoms with E-state index in [1.165, 1.54) is 0 Å². The Balaban J connectivity index is 1.64. The Morgan fingerprint density at radius 3 is 2.24 bits per heavy atom. The molecule has 37 heavy (non-hydrogen) atoms. The molecule has 6 nitrogen and oxygen atoms in total. The maximum Gasteiger partial charge on any atom is 0.322 e. The molecule has 0 radical (unpaired) electrons. The van der Waals surface area contributed by atoms with Crippen LogP contribution >= 0.6 is 15.9 Å². The van der Waals surface area contributed by atoms with Crippen LogP contribution < -0.4 is 10.9 Å². The highest BCUT2D eigenvalue weighted by Crippen LogP contribution is 2.27. The Kier molecular flexibility index (Phi) is 7.14. The standard InChI is InChI=1S/C30H25BrN4O2/c1-21(28-32-26-18-10-8-16-24(26)29(36)35(28)23-14-6-3-7-15-23)34(20-22-12-4-2-5-13-22)30(37)33-27-19-11-9-17-25(27)31/h2-19,21H,20H2,1H3,(H,33,37). The summed E-state index contributed by atoms with van der Waals surface area (Å²) in [6.07, 6.45) is 0. The van der Waals surface area contributed by atoms with E-state index in [0.717, 1.165) is 10.0 Å². The van der Waals surface area contributed by atoms with E-state index < -0.39 is 6.04 Å². The van der Waals surface area contributed by atoms with Crippen LogP contribution in [0, 0.1) is 0 Å². The fraction of sp³-hybridized carbons (Fsp3) is 0.100. The molecular weight excluding hydrogens is 528 g/mol. The third-order valence-electron chi connectivity index (χ3n) is 6.23. The summed E-state index contributed by atoms with van der Waals surface area (Å²) in [6.45, 7) is 2.23. The summed E-state index contributed by atoms with van der Waals surface area (Å²) < 4.78 is 2.39. The van der Waals surface area contributed by atoms with Crippen LogP contribution in [0.4, 0.5) is 10.5 Å². The largest absolute Gasteiger partial charge is 0.322 e. The summed E-state index contributed by atoms with van der Waals surface area (Å²) in [6, 6.07) is 33.1. The molecule has 184 valence electrons. The van der Waals surface area contributed by atoms with Crippen molar-refractivity contribution in [3.8, 4) is 5.69 Å². The number of aromatic nitrogens is 2. The van der Waals surface area contributed by atoms with E-state index >= 15 is 0 Å². The van der Waals surface area contributed by atoms with E-state index in [-0.39, 0.29) is 11.6 Å². The Labute approximate surface area is 223 Å². The van der Waals surface area contributed by atoms with Crippen LogP contribution in [0.5, 0.6) is 0 Å². The van der Waals surface area contributed by atoms with Crippen molar-refractivity contribution in [3.63, 3.8) is 0 Å². The van der Waals surface area contributed by atoms with Crippen LogP contribution in [-0.2, 0) is 6.54 Å². The maximum absolute atomic E-state index is 13.8. The molecule has 0 bridgehead atoms. The second kappa shape index (κ2) is 10.8. The zero-order valence-electron chi connectivity index (χ0n) is 20.2. The predicted octanol–water partition coefficient (Wildman–Crippen LogP) is 6.94. The predicted molar refractivity (Wildman–Crippen MR) is 151 cm³/mol. The topological polar surface area (TPSA) is 67.2 Å². The number of carbonyl (C=O) groups is 1. The Morgan fingerprint density at radius 1 is 0.892 bits per heavy atom. The van der Waals surface area contributed by atoms with Gasteiger partial charge >= 0.3 is 6.03 Å². The van der Waals surface area contributed by atoms with Gasteiger partial charge in [0.1, 0.15) is 5.82 Å². The summed E-state index contributed by atoms with van der Waals surface area (Å²) >= 11 is 3.51. The Hall–Kier alpha value is -4.23. The first-order valence-electron chi connectivity index (χ1n) is 12.0. The molecule has 0 saturated heterocycles. The van der Waals surface area contributed by atoms with Gasteiger partial charge in [0.2, 0.25) is 0 Å². The molecule has 5 aromatic rings. The Morgan fingerprint density at radius 2 is 1.51 bits per heavy atom. The van der Waals surface area contributed by atoms with Gasteiger partial charge in [-0.3, -0.25) is 9.36 Å². The second-order valence-electron chi connectivity index (χ2n) is 8.66. The van der Waals surface area contributed by atoms with Gasteiger partial charge in [-0.05, 0) is 64.8 Å². The van der Waals surface area contributed by atoms with Crippen LogP contribution in [0.3, 0.4) is 0 Å². The van der Waals surface area contributed by atoms with Crippen LogP contribution in [-0.4, -0.2) is 20.5 Å². The molecule has 1 heterocycles. The van der Waals surface area contributed by atoms with Gasteiger partial charge in [-0.25, -0.2) is 9.78 Å². The number of amides is 2. The van der Waals surface area contributed by atoms with Crippen LogP contribution in [0.2, 0.25) is 0 Å². The van der Waals surface area contributed by atoms with E-state index in [1.54, 1.807) is 15.5 Å². The van der Waals surface area contributed by atoms with Gasteiger partial charge in [-0.1, -0.05) is 72.8 Å². The van der Waals surface area contributed by atoms with Crippen molar-refractivity contribution in [1.82, 2.24) is 14.5 Å². The number of urea groups is 1. The smallest absolute Gasteiger partial charge is 0.310 e. The van der Waals surface area contributed by atoms with Gasteiger partial charge in [0.05, 0.1) is 28.3 Å². The van der Waals surface area contributed by atoms with Crippen molar-refractivity contribution in [2.75, 3.05) is 5.32 Å². The van der Waals surface area contributed by atoms with Gasteiger partial charge in [-0.15, -0.1) is 0 Å². The fourth-order valence-corrected chi connectivity index (χ4v) is 4.69. The maximum atomic E-state index is 13.8. The lowest BCUT2D eigenvalue weighted by Crippen LogP contribution is -2.39. The molecule has 7 heteroatoms. The molecule has 0 saturated carbocycles. The van der Waals surface area contributed by atoms with Crippen LogP contribution in [0.25, 0.3) is 16.6 Å².